The summed E-state index contributed by atoms with van der Waals surface area (Å²) in [6.07, 6.45) is 13.1. The number of esters is 3. The highest BCUT2D eigenvalue weighted by molar-refractivity contribution is 5.87. The fourth-order valence-electron chi connectivity index (χ4n) is 8.10. The molecule has 0 atom stereocenters. The second kappa shape index (κ2) is 12.0. The molecule has 0 N–H and O–H groups in total. The molecule has 6 heteroatoms. The van der Waals surface area contributed by atoms with E-state index in [1.807, 2.05) is 0 Å². The highest BCUT2D eigenvalue weighted by atomic mass is 16.5. The Morgan fingerprint density at radius 3 is 1.11 bits per heavy atom. The van der Waals surface area contributed by atoms with Crippen LogP contribution in [-0.2, 0) is 28.6 Å². The first kappa shape index (κ1) is 29.2. The molecule has 4 saturated carbocycles. The Hall–Kier alpha value is -2.37. The third-order valence-corrected chi connectivity index (χ3v) is 8.71. The number of hydrogen-bond acceptors (Lipinski definition) is 6. The van der Waals surface area contributed by atoms with Crippen LogP contribution in [0.1, 0.15) is 97.8 Å². The van der Waals surface area contributed by atoms with Gasteiger partial charge in [0.25, 0.3) is 0 Å². The number of carbonyl (C=O) groups is 3. The molecule has 6 nitrogen and oxygen atoms in total. The lowest BCUT2D eigenvalue weighted by atomic mass is 9.37. The van der Waals surface area contributed by atoms with Gasteiger partial charge in [-0.15, -0.1) is 0 Å². The van der Waals surface area contributed by atoms with Gasteiger partial charge in [-0.25, -0.2) is 14.4 Å². The van der Waals surface area contributed by atoms with Crippen molar-refractivity contribution >= 4 is 17.9 Å². The summed E-state index contributed by atoms with van der Waals surface area (Å²) >= 11 is 0. The first-order valence-corrected chi connectivity index (χ1v) is 13.9. The quantitative estimate of drug-likeness (QED) is 0.105. The molecule has 0 saturated heterocycles. The van der Waals surface area contributed by atoms with Crippen molar-refractivity contribution in [1.82, 2.24) is 0 Å². The Labute approximate surface area is 222 Å². The van der Waals surface area contributed by atoms with Crippen LogP contribution in [0.5, 0.6) is 0 Å². The molecule has 4 aliphatic carbocycles. The second-order valence-corrected chi connectivity index (χ2v) is 12.6. The van der Waals surface area contributed by atoms with E-state index in [9.17, 15) is 14.4 Å². The third kappa shape index (κ3) is 7.58. The molecule has 4 rings (SSSR count). The van der Waals surface area contributed by atoms with Gasteiger partial charge in [0.15, 0.2) is 0 Å². The zero-order valence-electron chi connectivity index (χ0n) is 23.3. The molecule has 4 aliphatic rings. The second-order valence-electron chi connectivity index (χ2n) is 12.6. The van der Waals surface area contributed by atoms with Crippen LogP contribution in [0.4, 0.5) is 0 Å². The molecule has 0 aromatic rings. The van der Waals surface area contributed by atoms with Crippen LogP contribution in [0.2, 0.25) is 0 Å². The summed E-state index contributed by atoms with van der Waals surface area (Å²) in [7, 11) is 0. The summed E-state index contributed by atoms with van der Waals surface area (Å²) in [5, 5.41) is 0. The summed E-state index contributed by atoms with van der Waals surface area (Å²) in [4.78, 5) is 35.5. The maximum absolute atomic E-state index is 11.8. The Morgan fingerprint density at radius 2 is 0.865 bits per heavy atom. The van der Waals surface area contributed by atoms with E-state index in [0.29, 0.717) is 42.5 Å². The molecule has 4 fully saturated rings. The van der Waals surface area contributed by atoms with Gasteiger partial charge in [-0.1, -0.05) is 19.7 Å². The van der Waals surface area contributed by atoms with Crippen LogP contribution >= 0.6 is 0 Å². The maximum atomic E-state index is 11.8. The Balaban J connectivity index is 1.66. The van der Waals surface area contributed by atoms with Crippen LogP contribution in [0, 0.1) is 22.2 Å². The maximum Gasteiger partial charge on any atom is 0.333 e. The van der Waals surface area contributed by atoms with Crippen molar-refractivity contribution in [2.75, 3.05) is 19.8 Å². The summed E-state index contributed by atoms with van der Waals surface area (Å²) in [5.41, 5.74) is 2.10. The molecule has 37 heavy (non-hydrogen) atoms. The fraction of sp³-hybridized carbons (Fsp3) is 0.710. The van der Waals surface area contributed by atoms with E-state index in [1.165, 1.54) is 38.5 Å². The van der Waals surface area contributed by atoms with Gasteiger partial charge in [0.05, 0.1) is 19.8 Å². The Morgan fingerprint density at radius 1 is 0.595 bits per heavy atom. The monoisotopic (exact) mass is 514 g/mol. The molecule has 0 spiro atoms. The van der Waals surface area contributed by atoms with Crippen molar-refractivity contribution in [3.63, 3.8) is 0 Å². The third-order valence-electron chi connectivity index (χ3n) is 8.71. The van der Waals surface area contributed by atoms with Crippen LogP contribution in [0.3, 0.4) is 0 Å². The van der Waals surface area contributed by atoms with E-state index in [2.05, 4.69) is 19.7 Å². The number of hydrogen-bond donors (Lipinski definition) is 0. The first-order valence-electron chi connectivity index (χ1n) is 13.9. The van der Waals surface area contributed by atoms with E-state index in [0.717, 1.165) is 38.5 Å². The fourth-order valence-corrected chi connectivity index (χ4v) is 8.10. The highest BCUT2D eigenvalue weighted by Gasteiger charge is 2.62. The molecule has 0 radical (unpaired) electrons. The Bertz CT molecular complexity index is 803. The summed E-state index contributed by atoms with van der Waals surface area (Å²) in [6.45, 7) is 17.4. The van der Waals surface area contributed by atoms with Crippen LogP contribution in [-0.4, -0.2) is 37.7 Å². The first-order chi connectivity index (χ1) is 17.4. The van der Waals surface area contributed by atoms with Crippen LogP contribution < -0.4 is 0 Å². The topological polar surface area (TPSA) is 78.9 Å². The lowest BCUT2D eigenvalue weighted by Crippen LogP contribution is -2.57. The lowest BCUT2D eigenvalue weighted by Gasteiger charge is -2.67. The zero-order chi connectivity index (χ0) is 27.3. The van der Waals surface area contributed by atoms with Gasteiger partial charge in [0, 0.05) is 16.7 Å². The van der Waals surface area contributed by atoms with Crippen molar-refractivity contribution < 1.29 is 28.6 Å². The summed E-state index contributed by atoms with van der Waals surface area (Å²) in [5.74, 6) is -0.239. The van der Waals surface area contributed by atoms with Gasteiger partial charge < -0.3 is 14.2 Å². The predicted molar refractivity (Wildman–Crippen MR) is 144 cm³/mol. The van der Waals surface area contributed by atoms with Gasteiger partial charge in [-0.2, -0.15) is 0 Å². The van der Waals surface area contributed by atoms with Gasteiger partial charge in [0.2, 0.25) is 0 Å². The largest absolute Gasteiger partial charge is 0.462 e. The van der Waals surface area contributed by atoms with Crippen molar-refractivity contribution in [3.05, 3.63) is 36.5 Å². The van der Waals surface area contributed by atoms with Gasteiger partial charge >= 0.3 is 17.9 Å². The average molecular weight is 515 g/mol. The molecule has 4 bridgehead atoms. The molecule has 0 heterocycles. The predicted octanol–water partition coefficient (Wildman–Crippen LogP) is 6.64. The van der Waals surface area contributed by atoms with Crippen molar-refractivity contribution in [3.8, 4) is 0 Å². The smallest absolute Gasteiger partial charge is 0.333 e. The SMILES string of the molecule is C=C(C)C(=O)OCCCC12CC3CC(CCCOC(=O)C(=C)C)(C1)CC(CCCOC(=O)C(=C)C)(C3)C2. The van der Waals surface area contributed by atoms with Crippen LogP contribution in [0.25, 0.3) is 0 Å². The molecule has 0 amide bonds. The molecule has 206 valence electrons. The molecule has 0 aromatic carbocycles. The van der Waals surface area contributed by atoms with E-state index in [4.69, 9.17) is 14.2 Å². The van der Waals surface area contributed by atoms with Crippen molar-refractivity contribution in [2.24, 2.45) is 22.2 Å². The number of rotatable bonds is 15. The van der Waals surface area contributed by atoms with Crippen LogP contribution in [0.15, 0.2) is 36.5 Å². The van der Waals surface area contributed by atoms with E-state index in [-0.39, 0.29) is 34.2 Å². The minimum atomic E-state index is -0.313. The van der Waals surface area contributed by atoms with Crippen molar-refractivity contribution in [2.45, 2.75) is 97.8 Å². The Kier molecular flexibility index (Phi) is 9.47. The summed E-state index contributed by atoms with van der Waals surface area (Å²) < 4.78 is 16.2. The standard InChI is InChI=1S/C31H46O6/c1-22(2)26(32)35-13-7-10-29-16-25-17-30(19-29,11-8-14-36-27(33)23(3)4)21-31(18-25,20-29)12-9-15-37-28(34)24(5)6/h25H,1,3,5,7-21H2,2,4,6H3. The van der Waals surface area contributed by atoms with E-state index in [1.54, 1.807) is 20.8 Å². The number of carbonyl (C=O) groups excluding carboxylic acids is 3. The molecule has 0 aliphatic heterocycles. The molecule has 0 aromatic heterocycles. The van der Waals surface area contributed by atoms with Gasteiger partial charge in [-0.05, 0) is 120 Å². The van der Waals surface area contributed by atoms with E-state index < -0.39 is 0 Å². The highest BCUT2D eigenvalue weighted by Crippen LogP contribution is 2.73. The summed E-state index contributed by atoms with van der Waals surface area (Å²) in [6, 6.07) is 0. The minimum Gasteiger partial charge on any atom is -0.462 e. The van der Waals surface area contributed by atoms with E-state index >= 15 is 0 Å². The van der Waals surface area contributed by atoms with Crippen molar-refractivity contribution in [1.29, 1.82) is 0 Å². The average Bonchev–Trinajstić information content (AvgIpc) is 2.80. The molecular weight excluding hydrogens is 468 g/mol. The zero-order valence-corrected chi connectivity index (χ0v) is 23.3. The van der Waals surface area contributed by atoms with Gasteiger partial charge in [-0.3, -0.25) is 0 Å². The number of ether oxygens (including phenoxy) is 3. The molecular formula is C31H46O6. The van der Waals surface area contributed by atoms with Gasteiger partial charge in [0.1, 0.15) is 0 Å². The molecule has 0 unspecified atom stereocenters. The minimum absolute atomic E-state index is 0.262. The lowest BCUT2D eigenvalue weighted by molar-refractivity contribution is -0.172. The normalized spacial score (nSPS) is 29.4.